The van der Waals surface area contributed by atoms with Crippen LogP contribution in [0.3, 0.4) is 0 Å². The molecule has 1 heterocycles. The maximum Gasteiger partial charge on any atom is 0.191 e. The smallest absolute Gasteiger partial charge is 0.191 e. The quantitative estimate of drug-likeness (QED) is 0.937. The van der Waals surface area contributed by atoms with E-state index in [1.54, 1.807) is 0 Å². The van der Waals surface area contributed by atoms with Crippen molar-refractivity contribution in [3.05, 3.63) is 53.2 Å². The van der Waals surface area contributed by atoms with Crippen molar-refractivity contribution in [3.8, 4) is 0 Å². The summed E-state index contributed by atoms with van der Waals surface area (Å²) in [6.07, 6.45) is 0.782. The Balaban J connectivity index is 0.00000128. The maximum absolute atomic E-state index is 5.58. The van der Waals surface area contributed by atoms with E-state index in [1.165, 1.54) is 5.56 Å². The summed E-state index contributed by atoms with van der Waals surface area (Å²) < 4.78 is 5.40. The predicted octanol–water partition coefficient (Wildman–Crippen LogP) is 2.88. The van der Waals surface area contributed by atoms with E-state index in [1.807, 2.05) is 25.1 Å². The van der Waals surface area contributed by atoms with Gasteiger partial charge in [-0.3, -0.25) is 0 Å². The normalized spacial score (nSPS) is 9.29. The molecule has 5 heteroatoms. The molecule has 0 fully saturated rings. The van der Waals surface area contributed by atoms with Gasteiger partial charge in [0.05, 0.1) is 12.2 Å². The zero-order chi connectivity index (χ0) is 10.7. The van der Waals surface area contributed by atoms with E-state index in [2.05, 4.69) is 17.1 Å². The minimum atomic E-state index is 0. The van der Waals surface area contributed by atoms with Crippen molar-refractivity contribution in [1.29, 1.82) is 0 Å². The molecule has 2 N–H and O–H groups in total. The van der Waals surface area contributed by atoms with E-state index in [0.717, 1.165) is 17.9 Å². The topological polar surface area (TPSA) is 52.0 Å². The summed E-state index contributed by atoms with van der Waals surface area (Å²) in [5, 5.41) is 0. The average molecular weight is 275 g/mol. The highest BCUT2D eigenvalue weighted by Gasteiger charge is 2.09. The van der Waals surface area contributed by atoms with Crippen LogP contribution >= 0.6 is 24.8 Å². The lowest BCUT2D eigenvalue weighted by Crippen LogP contribution is -2.00. The molecule has 0 radical (unpaired) electrons. The minimum Gasteiger partial charge on any atom is -0.444 e. The molecule has 0 bridgehead atoms. The first-order chi connectivity index (χ1) is 7.29. The highest BCUT2D eigenvalue weighted by Crippen LogP contribution is 2.14. The molecule has 2 rings (SSSR count). The van der Waals surface area contributed by atoms with Crippen molar-refractivity contribution < 1.29 is 4.42 Å². The van der Waals surface area contributed by atoms with Gasteiger partial charge in [-0.1, -0.05) is 30.3 Å². The van der Waals surface area contributed by atoms with Gasteiger partial charge in [-0.2, -0.15) is 0 Å². The molecule has 1 aromatic heterocycles. The zero-order valence-electron chi connectivity index (χ0n) is 9.55. The van der Waals surface area contributed by atoms with Gasteiger partial charge in [0.2, 0.25) is 0 Å². The summed E-state index contributed by atoms with van der Waals surface area (Å²) in [5.41, 5.74) is 7.75. The number of oxazole rings is 1. The van der Waals surface area contributed by atoms with Gasteiger partial charge < -0.3 is 10.2 Å². The van der Waals surface area contributed by atoms with E-state index in [-0.39, 0.29) is 24.8 Å². The van der Waals surface area contributed by atoms with Crippen LogP contribution in [0.15, 0.2) is 34.7 Å². The molecule has 0 unspecified atom stereocenters. The highest BCUT2D eigenvalue weighted by atomic mass is 35.5. The number of nitrogens with two attached hydrogens (primary N) is 1. The van der Waals surface area contributed by atoms with Crippen LogP contribution in [0.5, 0.6) is 0 Å². The third kappa shape index (κ3) is 4.04. The number of hydrogen-bond donors (Lipinski definition) is 1. The van der Waals surface area contributed by atoms with Crippen LogP contribution in [0, 0.1) is 6.92 Å². The lowest BCUT2D eigenvalue weighted by atomic mass is 10.1. The number of aromatic nitrogens is 1. The molecule has 0 aliphatic carbocycles. The number of nitrogens with zero attached hydrogens (tertiary/aromatic N) is 1. The molecular formula is C12H16Cl2N2O. The van der Waals surface area contributed by atoms with Gasteiger partial charge in [0.25, 0.3) is 0 Å². The van der Waals surface area contributed by atoms with Gasteiger partial charge in [0.1, 0.15) is 5.76 Å². The molecule has 1 aromatic carbocycles. The fourth-order valence-corrected chi connectivity index (χ4v) is 1.60. The molecule has 0 atom stereocenters. The Morgan fingerprint density at radius 3 is 2.41 bits per heavy atom. The van der Waals surface area contributed by atoms with Crippen LogP contribution in [0.25, 0.3) is 0 Å². The number of benzene rings is 1. The van der Waals surface area contributed by atoms with E-state index in [4.69, 9.17) is 10.2 Å². The summed E-state index contributed by atoms with van der Waals surface area (Å²) >= 11 is 0. The molecule has 0 aliphatic rings. The van der Waals surface area contributed by atoms with E-state index in [9.17, 15) is 0 Å². The molecule has 17 heavy (non-hydrogen) atoms. The molecule has 0 amide bonds. The summed E-state index contributed by atoms with van der Waals surface area (Å²) in [6, 6.07) is 10.2. The van der Waals surface area contributed by atoms with E-state index < -0.39 is 0 Å². The first-order valence-electron chi connectivity index (χ1n) is 4.99. The molecule has 94 valence electrons. The third-order valence-corrected chi connectivity index (χ3v) is 2.28. The Hall–Kier alpha value is -1.03. The number of halogens is 2. The Kier molecular flexibility index (Phi) is 6.88. The van der Waals surface area contributed by atoms with E-state index in [0.29, 0.717) is 12.4 Å². The monoisotopic (exact) mass is 274 g/mol. The van der Waals surface area contributed by atoms with Crippen molar-refractivity contribution in [2.45, 2.75) is 19.9 Å². The molecular weight excluding hydrogens is 259 g/mol. The van der Waals surface area contributed by atoms with E-state index >= 15 is 0 Å². The van der Waals surface area contributed by atoms with Crippen LogP contribution in [-0.4, -0.2) is 4.98 Å². The maximum atomic E-state index is 5.58. The molecule has 0 aliphatic heterocycles. The van der Waals surface area contributed by atoms with Crippen molar-refractivity contribution in [2.75, 3.05) is 0 Å². The van der Waals surface area contributed by atoms with Crippen molar-refractivity contribution in [1.82, 2.24) is 4.98 Å². The van der Waals surface area contributed by atoms with Crippen molar-refractivity contribution in [3.63, 3.8) is 0 Å². The lowest BCUT2D eigenvalue weighted by Gasteiger charge is -1.98. The first-order valence-corrected chi connectivity index (χ1v) is 4.99. The van der Waals surface area contributed by atoms with Crippen molar-refractivity contribution in [2.24, 2.45) is 5.73 Å². The average Bonchev–Trinajstić information content (AvgIpc) is 2.60. The number of rotatable bonds is 3. The summed E-state index contributed by atoms with van der Waals surface area (Å²) in [6.45, 7) is 2.25. The zero-order valence-corrected chi connectivity index (χ0v) is 11.2. The standard InChI is InChI=1S/C12H14N2O.2ClH/c1-9-14-11(12(8-13)15-9)7-10-5-3-2-4-6-10;;/h2-6H,7-8,13H2,1H3;2*1H. The van der Waals surface area contributed by atoms with Gasteiger partial charge in [-0.05, 0) is 5.56 Å². The third-order valence-electron chi connectivity index (χ3n) is 2.28. The Morgan fingerprint density at radius 1 is 1.18 bits per heavy atom. The highest BCUT2D eigenvalue weighted by molar-refractivity contribution is 5.85. The second-order valence-corrected chi connectivity index (χ2v) is 3.47. The SMILES string of the molecule is Cc1nc(Cc2ccccc2)c(CN)o1.Cl.Cl. The summed E-state index contributed by atoms with van der Waals surface area (Å²) in [4.78, 5) is 4.33. The van der Waals surface area contributed by atoms with Crippen LogP contribution in [0.4, 0.5) is 0 Å². The Morgan fingerprint density at radius 2 is 1.82 bits per heavy atom. The number of aryl methyl sites for hydroxylation is 1. The van der Waals surface area contributed by atoms with Gasteiger partial charge in [-0.15, -0.1) is 24.8 Å². The van der Waals surface area contributed by atoms with Crippen LogP contribution in [0.2, 0.25) is 0 Å². The largest absolute Gasteiger partial charge is 0.444 e. The Bertz CT molecular complexity index is 443. The predicted molar refractivity (Wildman–Crippen MR) is 72.9 cm³/mol. The molecule has 0 saturated heterocycles. The molecule has 0 spiro atoms. The summed E-state index contributed by atoms with van der Waals surface area (Å²) in [7, 11) is 0. The minimum absolute atomic E-state index is 0. The molecule has 0 saturated carbocycles. The lowest BCUT2D eigenvalue weighted by molar-refractivity contribution is 0.475. The second-order valence-electron chi connectivity index (χ2n) is 3.47. The number of hydrogen-bond acceptors (Lipinski definition) is 3. The first kappa shape index (κ1) is 16.0. The van der Waals surface area contributed by atoms with Crippen molar-refractivity contribution >= 4 is 24.8 Å². The van der Waals surface area contributed by atoms with Crippen LogP contribution in [-0.2, 0) is 13.0 Å². The van der Waals surface area contributed by atoms with Gasteiger partial charge in [-0.25, -0.2) is 4.98 Å². The van der Waals surface area contributed by atoms with Gasteiger partial charge in [0.15, 0.2) is 5.89 Å². The second kappa shape index (κ2) is 7.33. The van der Waals surface area contributed by atoms with Crippen LogP contribution in [0.1, 0.15) is 22.9 Å². The molecule has 3 nitrogen and oxygen atoms in total. The Labute approximate surface area is 113 Å². The van der Waals surface area contributed by atoms with Gasteiger partial charge in [0, 0.05) is 13.3 Å². The fourth-order valence-electron chi connectivity index (χ4n) is 1.60. The fraction of sp³-hybridized carbons (Fsp3) is 0.250. The van der Waals surface area contributed by atoms with Gasteiger partial charge >= 0.3 is 0 Å². The molecule has 2 aromatic rings. The summed E-state index contributed by atoms with van der Waals surface area (Å²) in [5.74, 6) is 1.47. The van der Waals surface area contributed by atoms with Crippen LogP contribution < -0.4 is 5.73 Å².